The molecule has 0 radical (unpaired) electrons. The molecular weight excluding hydrogens is 454 g/mol. The van der Waals surface area contributed by atoms with Crippen molar-refractivity contribution in [2.24, 2.45) is 0 Å². The molecule has 7 nitrogen and oxygen atoms in total. The van der Waals surface area contributed by atoms with Crippen molar-refractivity contribution in [2.75, 3.05) is 17.7 Å². The Bertz CT molecular complexity index is 1190. The van der Waals surface area contributed by atoms with E-state index in [9.17, 15) is 14.4 Å². The van der Waals surface area contributed by atoms with Gasteiger partial charge in [0.2, 0.25) is 11.8 Å². The monoisotopic (exact) mass is 477 g/mol. The number of methoxy groups -OCH3 is 1. The topological polar surface area (TPSA) is 96.5 Å². The highest BCUT2D eigenvalue weighted by molar-refractivity contribution is 6.30. The van der Waals surface area contributed by atoms with Gasteiger partial charge >= 0.3 is 0 Å². The molecule has 0 aliphatic heterocycles. The predicted molar refractivity (Wildman–Crippen MR) is 134 cm³/mol. The molecule has 1 unspecified atom stereocenters. The smallest absolute Gasteiger partial charge is 0.255 e. The predicted octanol–water partition coefficient (Wildman–Crippen LogP) is 4.76. The molecule has 0 aliphatic rings. The number of benzene rings is 3. The number of carbonyl (C=O) groups is 3. The number of anilines is 2. The highest BCUT2D eigenvalue weighted by Gasteiger charge is 2.17. The van der Waals surface area contributed by atoms with Crippen LogP contribution in [0.3, 0.4) is 0 Å². The fourth-order valence-corrected chi connectivity index (χ4v) is 3.08. The summed E-state index contributed by atoms with van der Waals surface area (Å²) in [4.78, 5) is 37.4. The number of carbonyl (C=O) groups excluding carboxylic acids is 3. The molecule has 0 fully saturated rings. The van der Waals surface area contributed by atoms with Gasteiger partial charge in [-0.15, -0.1) is 0 Å². The summed E-state index contributed by atoms with van der Waals surface area (Å²) in [6.45, 7) is 1.57. The molecule has 0 aromatic heterocycles. The molecule has 1 atom stereocenters. The molecule has 0 saturated heterocycles. The Morgan fingerprint density at radius 2 is 1.50 bits per heavy atom. The lowest BCUT2D eigenvalue weighted by atomic mass is 10.2. The molecule has 174 valence electrons. The van der Waals surface area contributed by atoms with E-state index in [0.717, 1.165) is 11.3 Å². The van der Waals surface area contributed by atoms with Crippen LogP contribution < -0.4 is 20.7 Å². The van der Waals surface area contributed by atoms with Crippen LogP contribution in [0.15, 0.2) is 78.9 Å². The highest BCUT2D eigenvalue weighted by Crippen LogP contribution is 2.22. The molecule has 3 aromatic rings. The van der Waals surface area contributed by atoms with Gasteiger partial charge in [-0.2, -0.15) is 0 Å². The van der Waals surface area contributed by atoms with Crippen LogP contribution in [0.5, 0.6) is 5.75 Å². The van der Waals surface area contributed by atoms with Crippen molar-refractivity contribution in [3.05, 3.63) is 95.0 Å². The fraction of sp³-hybridized carbons (Fsp3) is 0.115. The minimum Gasteiger partial charge on any atom is -0.497 e. The maximum absolute atomic E-state index is 12.6. The molecule has 0 saturated carbocycles. The Morgan fingerprint density at radius 1 is 0.882 bits per heavy atom. The fourth-order valence-electron chi connectivity index (χ4n) is 2.95. The van der Waals surface area contributed by atoms with Crippen molar-refractivity contribution in [1.82, 2.24) is 5.32 Å². The first-order valence-corrected chi connectivity index (χ1v) is 10.8. The van der Waals surface area contributed by atoms with Gasteiger partial charge in [0.1, 0.15) is 11.8 Å². The van der Waals surface area contributed by atoms with Crippen LogP contribution in [0.1, 0.15) is 22.8 Å². The first-order valence-electron chi connectivity index (χ1n) is 10.4. The zero-order valence-electron chi connectivity index (χ0n) is 18.7. The SMILES string of the molecule is COc1ccc(/C=C/C(=O)NC(C)C(=O)Nc2ccccc2NC(=O)c2ccc(Cl)cc2)cc1. The zero-order chi connectivity index (χ0) is 24.5. The maximum atomic E-state index is 12.6. The molecule has 3 rings (SSSR count). The van der Waals surface area contributed by atoms with E-state index in [1.54, 1.807) is 80.8 Å². The van der Waals surface area contributed by atoms with Crippen molar-refractivity contribution in [1.29, 1.82) is 0 Å². The average Bonchev–Trinajstić information content (AvgIpc) is 2.84. The van der Waals surface area contributed by atoms with Crippen molar-refractivity contribution in [3.8, 4) is 5.75 Å². The Morgan fingerprint density at radius 3 is 2.12 bits per heavy atom. The summed E-state index contributed by atoms with van der Waals surface area (Å²) in [5.41, 5.74) is 2.08. The largest absolute Gasteiger partial charge is 0.497 e. The van der Waals surface area contributed by atoms with Crippen LogP contribution in [0, 0.1) is 0 Å². The van der Waals surface area contributed by atoms with Crippen LogP contribution in [0.4, 0.5) is 11.4 Å². The Labute approximate surface area is 202 Å². The molecule has 3 amide bonds. The molecular formula is C26H24ClN3O4. The molecule has 3 aromatic carbocycles. The number of para-hydroxylation sites is 2. The van der Waals surface area contributed by atoms with E-state index >= 15 is 0 Å². The third-order valence-electron chi connectivity index (χ3n) is 4.83. The summed E-state index contributed by atoms with van der Waals surface area (Å²) < 4.78 is 5.10. The van der Waals surface area contributed by atoms with Gasteiger partial charge in [0.25, 0.3) is 5.91 Å². The molecule has 0 spiro atoms. The van der Waals surface area contributed by atoms with Crippen molar-refractivity contribution < 1.29 is 19.1 Å². The second-order valence-electron chi connectivity index (χ2n) is 7.33. The third-order valence-corrected chi connectivity index (χ3v) is 5.09. The normalized spacial score (nSPS) is 11.5. The first-order chi connectivity index (χ1) is 16.4. The number of hydrogen-bond donors (Lipinski definition) is 3. The minimum absolute atomic E-state index is 0.344. The lowest BCUT2D eigenvalue weighted by Crippen LogP contribution is -2.41. The van der Waals surface area contributed by atoms with E-state index in [1.165, 1.54) is 6.08 Å². The molecule has 3 N–H and O–H groups in total. The quantitative estimate of drug-likeness (QED) is 0.407. The van der Waals surface area contributed by atoms with E-state index in [-0.39, 0.29) is 5.91 Å². The van der Waals surface area contributed by atoms with Gasteiger partial charge in [0.05, 0.1) is 18.5 Å². The number of rotatable bonds is 8. The summed E-state index contributed by atoms with van der Waals surface area (Å²) in [6.07, 6.45) is 2.99. The molecule has 0 aliphatic carbocycles. The second kappa shape index (κ2) is 11.7. The zero-order valence-corrected chi connectivity index (χ0v) is 19.4. The van der Waals surface area contributed by atoms with Crippen LogP contribution in [-0.4, -0.2) is 30.9 Å². The molecule has 34 heavy (non-hydrogen) atoms. The Balaban J connectivity index is 1.59. The van der Waals surface area contributed by atoms with Gasteiger partial charge in [-0.3, -0.25) is 14.4 Å². The van der Waals surface area contributed by atoms with Crippen LogP contribution in [-0.2, 0) is 9.59 Å². The second-order valence-corrected chi connectivity index (χ2v) is 7.77. The lowest BCUT2D eigenvalue weighted by Gasteiger charge is -2.16. The van der Waals surface area contributed by atoms with Crippen molar-refractivity contribution >= 4 is 46.8 Å². The first kappa shape index (κ1) is 24.5. The van der Waals surface area contributed by atoms with Crippen LogP contribution >= 0.6 is 11.6 Å². The standard InChI is InChI=1S/C26H24ClN3O4/c1-17(28-24(31)16-9-18-7-14-21(34-2)15-8-18)25(32)29-22-5-3-4-6-23(22)30-26(33)19-10-12-20(27)13-11-19/h3-17H,1-2H3,(H,28,31)(H,29,32)(H,30,33)/b16-9+. The average molecular weight is 478 g/mol. The lowest BCUT2D eigenvalue weighted by molar-refractivity contribution is -0.123. The van der Waals surface area contributed by atoms with E-state index in [1.807, 2.05) is 12.1 Å². The summed E-state index contributed by atoms with van der Waals surface area (Å²) in [5, 5.41) is 8.66. The van der Waals surface area contributed by atoms with Crippen LogP contribution in [0.25, 0.3) is 6.08 Å². The van der Waals surface area contributed by atoms with Gasteiger partial charge < -0.3 is 20.7 Å². The Kier molecular flexibility index (Phi) is 8.43. The Hall–Kier alpha value is -4.10. The molecule has 0 heterocycles. The van der Waals surface area contributed by atoms with Gasteiger partial charge in [-0.05, 0) is 67.1 Å². The summed E-state index contributed by atoms with van der Waals surface area (Å²) in [6, 6.07) is 19.7. The number of amides is 3. The van der Waals surface area contributed by atoms with Gasteiger partial charge in [0, 0.05) is 16.7 Å². The van der Waals surface area contributed by atoms with Crippen molar-refractivity contribution in [3.63, 3.8) is 0 Å². The van der Waals surface area contributed by atoms with Gasteiger partial charge in [0.15, 0.2) is 0 Å². The van der Waals surface area contributed by atoms with E-state index in [2.05, 4.69) is 16.0 Å². The van der Waals surface area contributed by atoms with Gasteiger partial charge in [-0.1, -0.05) is 35.9 Å². The number of halogens is 1. The van der Waals surface area contributed by atoms with Crippen LogP contribution in [0.2, 0.25) is 5.02 Å². The van der Waals surface area contributed by atoms with E-state index in [4.69, 9.17) is 16.3 Å². The maximum Gasteiger partial charge on any atom is 0.255 e. The minimum atomic E-state index is -0.812. The van der Waals surface area contributed by atoms with E-state index in [0.29, 0.717) is 22.0 Å². The molecule has 8 heteroatoms. The van der Waals surface area contributed by atoms with Crippen molar-refractivity contribution in [2.45, 2.75) is 13.0 Å². The summed E-state index contributed by atoms with van der Waals surface area (Å²) in [7, 11) is 1.58. The van der Waals surface area contributed by atoms with Gasteiger partial charge in [-0.25, -0.2) is 0 Å². The summed E-state index contributed by atoms with van der Waals surface area (Å²) >= 11 is 5.87. The highest BCUT2D eigenvalue weighted by atomic mass is 35.5. The number of ether oxygens (including phenoxy) is 1. The van der Waals surface area contributed by atoms with E-state index < -0.39 is 17.9 Å². The number of hydrogen-bond acceptors (Lipinski definition) is 4. The molecule has 0 bridgehead atoms. The third kappa shape index (κ3) is 6.95. The summed E-state index contributed by atoms with van der Waals surface area (Å²) in [5.74, 6) is -0.470. The number of nitrogens with one attached hydrogen (secondary N) is 3.